The van der Waals surface area contributed by atoms with Crippen molar-refractivity contribution in [1.82, 2.24) is 4.90 Å². The Bertz CT molecular complexity index is 2900. The number of nitrogens with zero attached hydrogens (tertiary/aromatic N) is 1. The van der Waals surface area contributed by atoms with Crippen molar-refractivity contribution in [2.45, 2.75) is 109 Å². The minimum Gasteiger partial charge on any atom is -0.496 e. The molecule has 3 atom stereocenters. The van der Waals surface area contributed by atoms with Crippen LogP contribution >= 0.6 is 0 Å². The van der Waals surface area contributed by atoms with Crippen LogP contribution in [0.5, 0.6) is 17.2 Å². The lowest BCUT2D eigenvalue weighted by atomic mass is 9.86. The van der Waals surface area contributed by atoms with Crippen molar-refractivity contribution in [2.75, 3.05) is 27.4 Å². The van der Waals surface area contributed by atoms with E-state index in [9.17, 15) is 13.2 Å². The molecular weight excluding hydrogens is 915 g/mol. The largest absolute Gasteiger partial charge is 0.496 e. The van der Waals surface area contributed by atoms with Crippen molar-refractivity contribution in [2.24, 2.45) is 0 Å². The summed E-state index contributed by atoms with van der Waals surface area (Å²) >= 11 is 0. The van der Waals surface area contributed by atoms with Crippen LogP contribution in [0.25, 0.3) is 0 Å². The van der Waals surface area contributed by atoms with E-state index in [4.69, 9.17) is 18.4 Å². The summed E-state index contributed by atoms with van der Waals surface area (Å²) in [5.41, 5.74) is 11.6. The summed E-state index contributed by atoms with van der Waals surface area (Å²) in [6.45, 7) is 18.4. The first kappa shape index (κ1) is 54.8. The van der Waals surface area contributed by atoms with Crippen LogP contribution in [0.2, 0.25) is 0 Å². The zero-order valence-electron chi connectivity index (χ0n) is 43.8. The van der Waals surface area contributed by atoms with Gasteiger partial charge < -0.3 is 14.2 Å². The summed E-state index contributed by atoms with van der Waals surface area (Å²) < 4.78 is 47.0. The lowest BCUT2D eigenvalue weighted by Gasteiger charge is -2.32. The lowest BCUT2D eigenvalue weighted by Crippen LogP contribution is -2.38. The van der Waals surface area contributed by atoms with Crippen LogP contribution in [-0.2, 0) is 19.1 Å². The van der Waals surface area contributed by atoms with Crippen molar-refractivity contribution in [3.63, 3.8) is 0 Å². The number of carbonyl (C=O) groups excluding carboxylic acids is 1. The molecular formula is C63H73NO7S. The number of hydrogen-bond acceptors (Lipinski definition) is 8. The molecule has 1 aliphatic heterocycles. The molecule has 8 nitrogen and oxygen atoms in total. The molecule has 8 rings (SSSR count). The predicted octanol–water partition coefficient (Wildman–Crippen LogP) is 14.3. The van der Waals surface area contributed by atoms with Gasteiger partial charge in [-0.05, 0) is 122 Å². The lowest BCUT2D eigenvalue weighted by molar-refractivity contribution is -0.135. The van der Waals surface area contributed by atoms with Crippen molar-refractivity contribution in [3.8, 4) is 17.2 Å². The predicted molar refractivity (Wildman–Crippen MR) is 292 cm³/mol. The third-order valence-corrected chi connectivity index (χ3v) is 14.5. The summed E-state index contributed by atoms with van der Waals surface area (Å²) in [4.78, 5) is 14.4. The van der Waals surface area contributed by atoms with E-state index < -0.39 is 10.1 Å². The molecule has 0 saturated heterocycles. The molecule has 1 aliphatic rings. The number of aryl methyl sites for hydroxylation is 4. The van der Waals surface area contributed by atoms with Crippen molar-refractivity contribution < 1.29 is 31.6 Å². The number of methoxy groups -OCH3 is 2. The van der Waals surface area contributed by atoms with E-state index in [0.717, 1.165) is 52.3 Å². The second-order valence-corrected chi connectivity index (χ2v) is 20.8. The zero-order chi connectivity index (χ0) is 51.8. The monoisotopic (exact) mass is 988 g/mol. The SMILES string of the molecule is COc1ccc(C)cc1C(CCN(C(C)C)C(C)C)c1ccccc1.COc1ccc(C)cc1C(CCOS(=O)(=O)c1ccc(C)cc1)c1ccccc1.Cc1ccc2c(c1)C(c1ccccc1)CC(=O)O2. The van der Waals surface area contributed by atoms with Gasteiger partial charge in [-0.15, -0.1) is 0 Å². The molecule has 0 bridgehead atoms. The Balaban J connectivity index is 0.000000181. The third-order valence-electron chi connectivity index (χ3n) is 13.2. The highest BCUT2D eigenvalue weighted by molar-refractivity contribution is 7.86. The number of hydrogen-bond donors (Lipinski definition) is 0. The quantitative estimate of drug-likeness (QED) is 0.0506. The van der Waals surface area contributed by atoms with Gasteiger partial charge in [-0.1, -0.05) is 162 Å². The summed E-state index contributed by atoms with van der Waals surface area (Å²) in [6, 6.07) is 57.3. The van der Waals surface area contributed by atoms with Crippen molar-refractivity contribution in [3.05, 3.63) is 225 Å². The molecule has 9 heteroatoms. The molecule has 378 valence electrons. The minimum absolute atomic E-state index is 0.0423. The van der Waals surface area contributed by atoms with Crippen molar-refractivity contribution in [1.29, 1.82) is 0 Å². The maximum atomic E-state index is 12.5. The van der Waals surface area contributed by atoms with E-state index in [1.807, 2.05) is 86.6 Å². The standard InChI is InChI=1S/C24H26O4S.C23H33NO.C16H14O2/c1-18-9-12-21(13-10-18)29(25,26)28-16-15-22(20-7-5-4-6-8-20)23-17-19(2)11-14-24(23)27-3;1-17(2)24(18(3)4)15-14-21(20-10-8-7-9-11-20)22-16-19(5)12-13-23(22)25-6;1-11-7-8-15-14(9-11)13(10-16(17)18-15)12-5-3-2-4-6-12/h4-14,17,22H,15-16H2,1-3H3;7-13,16-18,21H,14-15H2,1-6H3;2-9,13H,10H2,1H3. The Morgan fingerprint density at radius 2 is 1.03 bits per heavy atom. The molecule has 7 aromatic rings. The molecule has 0 aromatic heterocycles. The molecule has 0 N–H and O–H groups in total. The normalized spacial score (nSPS) is 14.0. The van der Waals surface area contributed by atoms with Gasteiger partial charge in [-0.2, -0.15) is 8.42 Å². The fourth-order valence-corrected chi connectivity index (χ4v) is 10.4. The van der Waals surface area contributed by atoms with E-state index >= 15 is 0 Å². The van der Waals surface area contributed by atoms with Crippen LogP contribution in [0.1, 0.15) is 120 Å². The number of fused-ring (bicyclic) bond motifs is 1. The summed E-state index contributed by atoms with van der Waals surface area (Å²) in [5.74, 6) is 2.73. The first-order valence-corrected chi connectivity index (χ1v) is 26.5. The van der Waals surface area contributed by atoms with Gasteiger partial charge in [0, 0.05) is 46.5 Å². The van der Waals surface area contributed by atoms with Crippen molar-refractivity contribution >= 4 is 16.1 Å². The van der Waals surface area contributed by atoms with Crippen LogP contribution < -0.4 is 14.2 Å². The van der Waals surface area contributed by atoms with Gasteiger partial charge in [-0.25, -0.2) is 0 Å². The molecule has 72 heavy (non-hydrogen) atoms. The molecule has 7 aromatic carbocycles. The van der Waals surface area contributed by atoms with Crippen LogP contribution in [0.4, 0.5) is 0 Å². The highest BCUT2D eigenvalue weighted by Gasteiger charge is 2.28. The molecule has 0 fully saturated rings. The first-order valence-electron chi connectivity index (χ1n) is 25.0. The Labute approximate surface area is 430 Å². The maximum absolute atomic E-state index is 12.5. The number of rotatable bonds is 17. The molecule has 0 saturated carbocycles. The Kier molecular flexibility index (Phi) is 20.0. The van der Waals surface area contributed by atoms with Gasteiger partial charge >= 0.3 is 5.97 Å². The van der Waals surface area contributed by atoms with Crippen LogP contribution in [0, 0.1) is 27.7 Å². The number of esters is 1. The van der Waals surface area contributed by atoms with Gasteiger partial charge in [-0.3, -0.25) is 13.9 Å². The molecule has 1 heterocycles. The molecule has 0 amide bonds. The molecule has 3 unspecified atom stereocenters. The van der Waals surface area contributed by atoms with E-state index in [2.05, 4.69) is 119 Å². The summed E-state index contributed by atoms with van der Waals surface area (Å²) in [7, 11) is -0.376. The van der Waals surface area contributed by atoms with Gasteiger partial charge in [0.15, 0.2) is 0 Å². The smallest absolute Gasteiger partial charge is 0.312 e. The topological polar surface area (TPSA) is 91.4 Å². The average Bonchev–Trinajstić information content (AvgIpc) is 3.37. The second-order valence-electron chi connectivity index (χ2n) is 19.2. The third kappa shape index (κ3) is 15.0. The van der Waals surface area contributed by atoms with Crippen LogP contribution in [-0.4, -0.2) is 58.7 Å². The zero-order valence-corrected chi connectivity index (χ0v) is 44.6. The number of carbonyl (C=O) groups is 1. The van der Waals surface area contributed by atoms with Gasteiger partial charge in [0.2, 0.25) is 0 Å². The Morgan fingerprint density at radius 3 is 1.53 bits per heavy atom. The Morgan fingerprint density at radius 1 is 0.569 bits per heavy atom. The maximum Gasteiger partial charge on any atom is 0.312 e. The highest BCUT2D eigenvalue weighted by Crippen LogP contribution is 2.40. The minimum atomic E-state index is -3.79. The van der Waals surface area contributed by atoms with E-state index in [1.165, 1.54) is 27.8 Å². The molecule has 0 radical (unpaired) electrons. The van der Waals surface area contributed by atoms with E-state index in [-0.39, 0.29) is 29.3 Å². The number of ether oxygens (including phenoxy) is 3. The molecule has 0 spiro atoms. The highest BCUT2D eigenvalue weighted by atomic mass is 32.2. The molecule has 0 aliphatic carbocycles. The average molecular weight is 988 g/mol. The fourth-order valence-electron chi connectivity index (χ4n) is 9.52. The van der Waals surface area contributed by atoms with Gasteiger partial charge in [0.1, 0.15) is 17.2 Å². The number of benzene rings is 7. The second kappa shape index (κ2) is 26.3. The first-order chi connectivity index (χ1) is 34.6. The fraction of sp³-hybridized carbons (Fsp3) is 0.317. The Hall–Kier alpha value is -6.52. The summed E-state index contributed by atoms with van der Waals surface area (Å²) in [6.07, 6.45) is 2.01. The van der Waals surface area contributed by atoms with E-state index in [1.54, 1.807) is 38.5 Å². The van der Waals surface area contributed by atoms with Gasteiger partial charge in [0.25, 0.3) is 10.1 Å². The van der Waals surface area contributed by atoms with E-state index in [0.29, 0.717) is 36.6 Å². The van der Waals surface area contributed by atoms with Crippen LogP contribution in [0.15, 0.2) is 175 Å². The van der Waals surface area contributed by atoms with Gasteiger partial charge in [0.05, 0.1) is 32.1 Å². The van der Waals surface area contributed by atoms with Crippen LogP contribution in [0.3, 0.4) is 0 Å². The summed E-state index contributed by atoms with van der Waals surface area (Å²) in [5, 5.41) is 0.